The van der Waals surface area contributed by atoms with Crippen molar-refractivity contribution >= 4 is 33.4 Å². The van der Waals surface area contributed by atoms with Gasteiger partial charge in [-0.15, -0.1) is 0 Å². The van der Waals surface area contributed by atoms with Crippen molar-refractivity contribution in [3.8, 4) is 0 Å². The lowest BCUT2D eigenvalue weighted by atomic mass is 10.2. The van der Waals surface area contributed by atoms with Crippen LogP contribution >= 0.6 is 27.5 Å². The zero-order valence-electron chi connectivity index (χ0n) is 10.5. The molecule has 0 aliphatic heterocycles. The number of halogens is 2. The molecule has 0 radical (unpaired) electrons. The number of nitrogens with one attached hydrogen (secondary N) is 1. The molecule has 0 aliphatic rings. The topological polar surface area (TPSA) is 38.3 Å². The second-order valence-electron chi connectivity index (χ2n) is 4.35. The van der Waals surface area contributed by atoms with Gasteiger partial charge in [0.15, 0.2) is 0 Å². The van der Waals surface area contributed by atoms with E-state index in [1.807, 2.05) is 0 Å². The van der Waals surface area contributed by atoms with Crippen molar-refractivity contribution in [2.24, 2.45) is 5.92 Å². The third-order valence-corrected chi connectivity index (χ3v) is 3.38. The van der Waals surface area contributed by atoms with Crippen LogP contribution in [0, 0.1) is 5.92 Å². The summed E-state index contributed by atoms with van der Waals surface area (Å²) >= 11 is 9.15. The molecule has 1 amide bonds. The van der Waals surface area contributed by atoms with Crippen LogP contribution in [0.5, 0.6) is 0 Å². The third kappa shape index (κ3) is 5.38. The molecule has 0 unspecified atom stereocenters. The smallest absolute Gasteiger partial charge is 0.251 e. The van der Waals surface area contributed by atoms with E-state index in [0.717, 1.165) is 0 Å². The number of hydrogen-bond donors (Lipinski definition) is 1. The Hall–Kier alpha value is -0.580. The number of benzene rings is 1. The second kappa shape index (κ2) is 7.77. The van der Waals surface area contributed by atoms with Gasteiger partial charge in [0, 0.05) is 23.2 Å². The van der Waals surface area contributed by atoms with Gasteiger partial charge in [-0.1, -0.05) is 25.4 Å². The monoisotopic (exact) mass is 333 g/mol. The fraction of sp³-hybridized carbons (Fsp3) is 0.462. The first-order chi connectivity index (χ1) is 8.50. The van der Waals surface area contributed by atoms with Gasteiger partial charge < -0.3 is 10.1 Å². The average Bonchev–Trinajstić information content (AvgIpc) is 2.31. The summed E-state index contributed by atoms with van der Waals surface area (Å²) in [7, 11) is 0. The van der Waals surface area contributed by atoms with Crippen LogP contribution < -0.4 is 5.32 Å². The Morgan fingerprint density at radius 2 is 2.22 bits per heavy atom. The van der Waals surface area contributed by atoms with Crippen LogP contribution in [-0.2, 0) is 4.74 Å². The maximum atomic E-state index is 11.8. The molecule has 3 nitrogen and oxygen atoms in total. The molecule has 1 N–H and O–H groups in total. The zero-order valence-corrected chi connectivity index (χ0v) is 12.8. The molecule has 18 heavy (non-hydrogen) atoms. The summed E-state index contributed by atoms with van der Waals surface area (Å²) < 4.78 is 6.09. The Labute approximate surface area is 121 Å². The van der Waals surface area contributed by atoms with E-state index in [1.54, 1.807) is 18.2 Å². The fourth-order valence-electron chi connectivity index (χ4n) is 1.30. The third-order valence-electron chi connectivity index (χ3n) is 2.16. The SMILES string of the molecule is CC(C)COCCNC(=O)c1ccc(Cl)c(Br)c1. The summed E-state index contributed by atoms with van der Waals surface area (Å²) in [6.45, 7) is 5.92. The minimum atomic E-state index is -0.125. The molecule has 0 fully saturated rings. The zero-order chi connectivity index (χ0) is 13.5. The molecule has 0 spiro atoms. The van der Waals surface area contributed by atoms with E-state index in [-0.39, 0.29) is 5.91 Å². The molecule has 0 aliphatic carbocycles. The van der Waals surface area contributed by atoms with Crippen molar-refractivity contribution in [2.45, 2.75) is 13.8 Å². The van der Waals surface area contributed by atoms with Crippen molar-refractivity contribution in [3.63, 3.8) is 0 Å². The lowest BCUT2D eigenvalue weighted by Gasteiger charge is -2.08. The van der Waals surface area contributed by atoms with Crippen LogP contribution in [0.2, 0.25) is 5.02 Å². The molecular weight excluding hydrogens is 318 g/mol. The first-order valence-corrected chi connectivity index (χ1v) is 6.98. The highest BCUT2D eigenvalue weighted by atomic mass is 79.9. The number of rotatable bonds is 6. The minimum Gasteiger partial charge on any atom is -0.379 e. The average molecular weight is 335 g/mol. The maximum absolute atomic E-state index is 11.8. The van der Waals surface area contributed by atoms with Gasteiger partial charge in [-0.25, -0.2) is 0 Å². The first kappa shape index (κ1) is 15.5. The summed E-state index contributed by atoms with van der Waals surface area (Å²) in [6.07, 6.45) is 0. The van der Waals surface area contributed by atoms with E-state index in [0.29, 0.717) is 40.7 Å². The number of carbonyl (C=O) groups is 1. The Morgan fingerprint density at radius 3 is 2.83 bits per heavy atom. The van der Waals surface area contributed by atoms with Crippen LogP contribution in [-0.4, -0.2) is 25.7 Å². The largest absolute Gasteiger partial charge is 0.379 e. The van der Waals surface area contributed by atoms with E-state index in [1.165, 1.54) is 0 Å². The van der Waals surface area contributed by atoms with E-state index in [9.17, 15) is 4.79 Å². The summed E-state index contributed by atoms with van der Waals surface area (Å²) in [5.74, 6) is 0.383. The van der Waals surface area contributed by atoms with Crippen LogP contribution in [0.1, 0.15) is 24.2 Å². The number of carbonyl (C=O) groups excluding carboxylic acids is 1. The Kier molecular flexibility index (Phi) is 6.68. The van der Waals surface area contributed by atoms with Gasteiger partial charge >= 0.3 is 0 Å². The second-order valence-corrected chi connectivity index (χ2v) is 5.62. The van der Waals surface area contributed by atoms with E-state index in [2.05, 4.69) is 35.1 Å². The van der Waals surface area contributed by atoms with Crippen molar-refractivity contribution in [1.29, 1.82) is 0 Å². The normalized spacial score (nSPS) is 10.7. The lowest BCUT2D eigenvalue weighted by Crippen LogP contribution is -2.27. The van der Waals surface area contributed by atoms with Gasteiger partial charge in [0.25, 0.3) is 5.91 Å². The minimum absolute atomic E-state index is 0.125. The van der Waals surface area contributed by atoms with Crippen molar-refractivity contribution in [2.75, 3.05) is 19.8 Å². The Morgan fingerprint density at radius 1 is 1.50 bits per heavy atom. The highest BCUT2D eigenvalue weighted by Crippen LogP contribution is 2.23. The van der Waals surface area contributed by atoms with E-state index >= 15 is 0 Å². The standard InChI is InChI=1S/C13H17BrClNO2/c1-9(2)8-18-6-5-16-13(17)10-3-4-12(15)11(14)7-10/h3-4,7,9H,5-6,8H2,1-2H3,(H,16,17). The molecule has 100 valence electrons. The van der Waals surface area contributed by atoms with Gasteiger partial charge in [0.05, 0.1) is 11.6 Å². The summed E-state index contributed by atoms with van der Waals surface area (Å²) in [6, 6.07) is 5.08. The van der Waals surface area contributed by atoms with E-state index in [4.69, 9.17) is 16.3 Å². The van der Waals surface area contributed by atoms with Gasteiger partial charge in [-0.05, 0) is 40.0 Å². The maximum Gasteiger partial charge on any atom is 0.251 e. The molecule has 0 saturated carbocycles. The van der Waals surface area contributed by atoms with Gasteiger partial charge in [0.2, 0.25) is 0 Å². The highest BCUT2D eigenvalue weighted by molar-refractivity contribution is 9.10. The van der Waals surface area contributed by atoms with Gasteiger partial charge in [0.1, 0.15) is 0 Å². The number of ether oxygens (including phenoxy) is 1. The molecule has 1 aromatic rings. The molecule has 0 heterocycles. The lowest BCUT2D eigenvalue weighted by molar-refractivity contribution is 0.0886. The molecular formula is C13H17BrClNO2. The van der Waals surface area contributed by atoms with Gasteiger partial charge in [-0.3, -0.25) is 4.79 Å². The van der Waals surface area contributed by atoms with Gasteiger partial charge in [-0.2, -0.15) is 0 Å². The molecule has 0 aromatic heterocycles. The number of amides is 1. The predicted molar refractivity (Wildman–Crippen MR) is 77.1 cm³/mol. The number of hydrogen-bond acceptors (Lipinski definition) is 2. The first-order valence-electron chi connectivity index (χ1n) is 5.81. The predicted octanol–water partition coefficient (Wildman–Crippen LogP) is 3.50. The van der Waals surface area contributed by atoms with Crippen molar-refractivity contribution in [3.05, 3.63) is 33.3 Å². The molecule has 1 rings (SSSR count). The molecule has 5 heteroatoms. The van der Waals surface area contributed by atoms with Crippen molar-refractivity contribution in [1.82, 2.24) is 5.32 Å². The van der Waals surface area contributed by atoms with E-state index < -0.39 is 0 Å². The quantitative estimate of drug-likeness (QED) is 0.809. The van der Waals surface area contributed by atoms with Crippen LogP contribution in [0.25, 0.3) is 0 Å². The van der Waals surface area contributed by atoms with Crippen LogP contribution in [0.3, 0.4) is 0 Å². The van der Waals surface area contributed by atoms with Crippen LogP contribution in [0.4, 0.5) is 0 Å². The fourth-order valence-corrected chi connectivity index (χ4v) is 1.79. The molecule has 1 aromatic carbocycles. The van der Waals surface area contributed by atoms with Crippen LogP contribution in [0.15, 0.2) is 22.7 Å². The highest BCUT2D eigenvalue weighted by Gasteiger charge is 2.07. The van der Waals surface area contributed by atoms with Crippen molar-refractivity contribution < 1.29 is 9.53 Å². The molecule has 0 saturated heterocycles. The summed E-state index contributed by atoms with van der Waals surface area (Å²) in [4.78, 5) is 11.8. The Balaban J connectivity index is 2.34. The Bertz CT molecular complexity index is 410. The molecule has 0 atom stereocenters. The summed E-state index contributed by atoms with van der Waals surface area (Å²) in [5.41, 5.74) is 0.579. The summed E-state index contributed by atoms with van der Waals surface area (Å²) in [5, 5.41) is 3.38. The molecule has 0 bridgehead atoms.